The van der Waals surface area contributed by atoms with Gasteiger partial charge in [-0.1, -0.05) is 43.3 Å². The molecule has 3 aromatic rings. The van der Waals surface area contributed by atoms with Crippen molar-refractivity contribution in [2.45, 2.75) is 38.6 Å². The molecule has 1 fully saturated rings. The Hall–Kier alpha value is -3.23. The molecule has 2 aromatic carbocycles. The van der Waals surface area contributed by atoms with E-state index >= 15 is 4.39 Å². The summed E-state index contributed by atoms with van der Waals surface area (Å²) in [5, 5.41) is 6.66. The first kappa shape index (κ1) is 26.4. The van der Waals surface area contributed by atoms with Crippen LogP contribution in [0, 0.1) is 11.7 Å². The number of hydrogen-bond donors (Lipinski definition) is 2. The van der Waals surface area contributed by atoms with Crippen LogP contribution in [0.3, 0.4) is 0 Å². The minimum absolute atomic E-state index is 0.106. The number of aromatic nitrogens is 2. The van der Waals surface area contributed by atoms with E-state index in [-0.39, 0.29) is 23.5 Å². The molecule has 0 radical (unpaired) electrons. The average molecular weight is 538 g/mol. The molecule has 2 aliphatic rings. The van der Waals surface area contributed by atoms with E-state index in [1.807, 2.05) is 12.1 Å². The van der Waals surface area contributed by atoms with Gasteiger partial charge in [0.15, 0.2) is 5.82 Å². The summed E-state index contributed by atoms with van der Waals surface area (Å²) in [5.74, 6) is 0.139. The molecule has 0 saturated carbocycles. The Kier molecular flexibility index (Phi) is 7.81. The molecule has 1 aromatic heterocycles. The number of amides is 1. The van der Waals surface area contributed by atoms with Crippen LogP contribution in [0.4, 0.5) is 10.2 Å². The summed E-state index contributed by atoms with van der Waals surface area (Å²) < 4.78 is 22.4. The van der Waals surface area contributed by atoms with Gasteiger partial charge in [0.1, 0.15) is 17.9 Å². The lowest BCUT2D eigenvalue weighted by Gasteiger charge is -2.20. The smallest absolute Gasteiger partial charge is 0.319 e. The number of carbonyl (C=O) groups excluding carboxylic acids is 1. The SMILES string of the molecule is C=CC(=O)NCCNc1nc(OC[C@@H]2CCCN2C)nc2c(F)c(-c3cccc4c3CC(C)C4)c(Cl)cc12. The van der Waals surface area contributed by atoms with Gasteiger partial charge in [-0.2, -0.15) is 9.97 Å². The van der Waals surface area contributed by atoms with E-state index in [0.29, 0.717) is 47.4 Å². The lowest BCUT2D eigenvalue weighted by Crippen LogP contribution is -2.31. The highest BCUT2D eigenvalue weighted by Crippen LogP contribution is 2.42. The highest BCUT2D eigenvalue weighted by molar-refractivity contribution is 6.34. The molecule has 2 heterocycles. The van der Waals surface area contributed by atoms with E-state index in [0.717, 1.165) is 43.4 Å². The fraction of sp³-hybridized carbons (Fsp3) is 0.414. The van der Waals surface area contributed by atoms with Crippen LogP contribution in [-0.4, -0.2) is 60.1 Å². The lowest BCUT2D eigenvalue weighted by molar-refractivity contribution is -0.116. The van der Waals surface area contributed by atoms with Crippen molar-refractivity contribution >= 4 is 34.2 Å². The molecule has 0 spiro atoms. The van der Waals surface area contributed by atoms with Crippen molar-refractivity contribution in [1.29, 1.82) is 0 Å². The second kappa shape index (κ2) is 11.3. The maximum atomic E-state index is 16.4. The first-order valence-electron chi connectivity index (χ1n) is 13.1. The summed E-state index contributed by atoms with van der Waals surface area (Å²) in [6, 6.07) is 8.09. The van der Waals surface area contributed by atoms with E-state index in [2.05, 4.69) is 52.1 Å². The molecule has 1 aliphatic heterocycles. The number of anilines is 1. The number of likely N-dealkylation sites (tertiary alicyclic amines) is 1. The van der Waals surface area contributed by atoms with E-state index < -0.39 is 5.82 Å². The van der Waals surface area contributed by atoms with Crippen molar-refractivity contribution in [2.75, 3.05) is 38.6 Å². The van der Waals surface area contributed by atoms with Crippen LogP contribution in [0.25, 0.3) is 22.0 Å². The van der Waals surface area contributed by atoms with Crippen LogP contribution in [0.5, 0.6) is 6.01 Å². The van der Waals surface area contributed by atoms with Crippen LogP contribution >= 0.6 is 11.6 Å². The number of ether oxygens (including phenoxy) is 1. The summed E-state index contributed by atoms with van der Waals surface area (Å²) in [6.45, 7) is 7.80. The van der Waals surface area contributed by atoms with Gasteiger partial charge in [-0.15, -0.1) is 0 Å². The van der Waals surface area contributed by atoms with Crippen LogP contribution < -0.4 is 15.4 Å². The molecular weight excluding hydrogens is 505 g/mol. The van der Waals surface area contributed by atoms with E-state index in [4.69, 9.17) is 16.3 Å². The minimum Gasteiger partial charge on any atom is -0.462 e. The summed E-state index contributed by atoms with van der Waals surface area (Å²) in [4.78, 5) is 22.8. The number of hydrogen-bond acceptors (Lipinski definition) is 6. The number of halogens is 2. The number of nitrogens with one attached hydrogen (secondary N) is 2. The van der Waals surface area contributed by atoms with Crippen LogP contribution in [0.2, 0.25) is 5.02 Å². The lowest BCUT2D eigenvalue weighted by atomic mass is 9.95. The first-order valence-corrected chi connectivity index (χ1v) is 13.5. The zero-order chi connectivity index (χ0) is 26.8. The summed E-state index contributed by atoms with van der Waals surface area (Å²) >= 11 is 6.75. The van der Waals surface area contributed by atoms with Gasteiger partial charge in [0.05, 0.1) is 5.02 Å². The highest BCUT2D eigenvalue weighted by atomic mass is 35.5. The Morgan fingerprint density at radius 3 is 2.92 bits per heavy atom. The van der Waals surface area contributed by atoms with E-state index in [1.165, 1.54) is 11.6 Å². The Morgan fingerprint density at radius 1 is 1.32 bits per heavy atom. The second-order valence-electron chi connectivity index (χ2n) is 10.3. The third kappa shape index (κ3) is 5.33. The third-order valence-electron chi connectivity index (χ3n) is 7.50. The Bertz CT molecular complexity index is 1380. The number of rotatable bonds is 9. The molecule has 38 heavy (non-hydrogen) atoms. The summed E-state index contributed by atoms with van der Waals surface area (Å²) in [5.41, 5.74) is 3.70. The number of nitrogens with zero attached hydrogens (tertiary/aromatic N) is 3. The van der Waals surface area contributed by atoms with Gasteiger partial charge in [-0.25, -0.2) is 4.39 Å². The molecule has 2 N–H and O–H groups in total. The first-order chi connectivity index (χ1) is 18.4. The van der Waals surface area contributed by atoms with Gasteiger partial charge in [-0.3, -0.25) is 4.79 Å². The Morgan fingerprint density at radius 2 is 2.16 bits per heavy atom. The molecule has 2 atom stereocenters. The fourth-order valence-corrected chi connectivity index (χ4v) is 5.81. The molecule has 1 unspecified atom stereocenters. The molecule has 1 aliphatic carbocycles. The van der Waals surface area contributed by atoms with E-state index in [1.54, 1.807) is 6.07 Å². The molecular formula is C29H33ClFN5O2. The van der Waals surface area contributed by atoms with Gasteiger partial charge in [0.25, 0.3) is 0 Å². The maximum absolute atomic E-state index is 16.4. The van der Waals surface area contributed by atoms with Crippen LogP contribution in [0.15, 0.2) is 36.9 Å². The molecule has 5 rings (SSSR count). The van der Waals surface area contributed by atoms with Crippen molar-refractivity contribution < 1.29 is 13.9 Å². The van der Waals surface area contributed by atoms with Crippen molar-refractivity contribution in [3.05, 3.63) is 58.9 Å². The normalized spacial score (nSPS) is 18.9. The third-order valence-corrected chi connectivity index (χ3v) is 7.80. The molecule has 1 amide bonds. The standard InChI is InChI=1S/C29H33ClFN5O2/c1-4-24(37)32-10-11-33-28-22-15-23(30)25(20-9-5-7-18-13-17(2)14-21(18)20)26(31)27(22)34-29(35-28)38-16-19-8-6-12-36(19)3/h4-5,7,9,15,17,19H,1,6,8,10-14,16H2,2-3H3,(H,32,37)(H,33,34,35)/t17?,19-/m0/s1. The molecule has 7 nitrogen and oxygen atoms in total. The number of fused-ring (bicyclic) bond motifs is 2. The van der Waals surface area contributed by atoms with Gasteiger partial charge >= 0.3 is 6.01 Å². The van der Waals surface area contributed by atoms with Gasteiger partial charge in [0, 0.05) is 30.1 Å². The van der Waals surface area contributed by atoms with Gasteiger partial charge in [0.2, 0.25) is 5.91 Å². The van der Waals surface area contributed by atoms with Crippen LogP contribution in [-0.2, 0) is 17.6 Å². The number of benzene rings is 2. The molecule has 200 valence electrons. The topological polar surface area (TPSA) is 79.4 Å². The Balaban J connectivity index is 1.54. The van der Waals surface area contributed by atoms with Crippen molar-refractivity contribution in [1.82, 2.24) is 20.2 Å². The number of carbonyl (C=O) groups is 1. The minimum atomic E-state index is -0.492. The average Bonchev–Trinajstić information content (AvgIpc) is 3.49. The monoisotopic (exact) mass is 537 g/mol. The fourth-order valence-electron chi connectivity index (χ4n) is 5.52. The number of likely N-dealkylation sites (N-methyl/N-ethyl adjacent to an activating group) is 1. The molecule has 0 bridgehead atoms. The van der Waals surface area contributed by atoms with Crippen molar-refractivity contribution in [3.8, 4) is 17.1 Å². The second-order valence-corrected chi connectivity index (χ2v) is 10.7. The maximum Gasteiger partial charge on any atom is 0.319 e. The largest absolute Gasteiger partial charge is 0.462 e. The predicted molar refractivity (Wildman–Crippen MR) is 149 cm³/mol. The van der Waals surface area contributed by atoms with Crippen molar-refractivity contribution in [2.24, 2.45) is 5.92 Å². The quantitative estimate of drug-likeness (QED) is 0.295. The Labute approximate surface area is 227 Å². The summed E-state index contributed by atoms with van der Waals surface area (Å²) in [6.07, 6.45) is 5.22. The van der Waals surface area contributed by atoms with E-state index in [9.17, 15) is 4.79 Å². The highest BCUT2D eigenvalue weighted by Gasteiger charge is 2.27. The van der Waals surface area contributed by atoms with Gasteiger partial charge < -0.3 is 20.3 Å². The van der Waals surface area contributed by atoms with Gasteiger partial charge in [-0.05, 0) is 74.0 Å². The zero-order valence-corrected chi connectivity index (χ0v) is 22.6. The van der Waals surface area contributed by atoms with Crippen LogP contribution in [0.1, 0.15) is 30.9 Å². The summed E-state index contributed by atoms with van der Waals surface area (Å²) in [7, 11) is 2.07. The molecule has 9 heteroatoms. The zero-order valence-electron chi connectivity index (χ0n) is 21.8. The molecule has 1 saturated heterocycles. The van der Waals surface area contributed by atoms with Crippen molar-refractivity contribution in [3.63, 3.8) is 0 Å². The predicted octanol–water partition coefficient (Wildman–Crippen LogP) is 5.01.